The SMILES string of the molecule is CC(=O)Oc1ccc([P+](C)(c2ccccc2)c2ccc(OC(C)=O)cc2)cc1.CC(C)(C)c1cc(S(=O)(=O)[O-])cc(C(C)(C)C)c1O. The van der Waals surface area contributed by atoms with Gasteiger partial charge in [-0.1, -0.05) is 59.7 Å². The smallest absolute Gasteiger partial charge is 0.308 e. The lowest BCUT2D eigenvalue weighted by Gasteiger charge is -2.28. The first-order chi connectivity index (χ1) is 21.6. The highest BCUT2D eigenvalue weighted by molar-refractivity contribution is 7.95. The van der Waals surface area contributed by atoms with E-state index in [1.807, 2.05) is 108 Å². The number of esters is 2. The number of carbonyl (C=O) groups is 2. The van der Waals surface area contributed by atoms with E-state index < -0.39 is 28.2 Å². The number of benzene rings is 4. The summed E-state index contributed by atoms with van der Waals surface area (Å²) in [5, 5.41) is 13.9. The van der Waals surface area contributed by atoms with Crippen LogP contribution < -0.4 is 25.4 Å². The third-order valence-electron chi connectivity index (χ3n) is 7.49. The molecule has 0 aliphatic heterocycles. The highest BCUT2D eigenvalue weighted by atomic mass is 32.2. The van der Waals surface area contributed by atoms with Crippen molar-refractivity contribution in [1.29, 1.82) is 0 Å². The van der Waals surface area contributed by atoms with Gasteiger partial charge in [0.1, 0.15) is 50.5 Å². The predicted octanol–water partition coefficient (Wildman–Crippen LogP) is 6.35. The Bertz CT molecular complexity index is 1720. The molecule has 0 aliphatic rings. The van der Waals surface area contributed by atoms with Crippen molar-refractivity contribution >= 4 is 45.2 Å². The summed E-state index contributed by atoms with van der Waals surface area (Å²) >= 11 is 0. The molecule has 0 saturated carbocycles. The monoisotopic (exact) mass is 678 g/mol. The maximum atomic E-state index is 11.3. The third-order valence-corrected chi connectivity index (χ3v) is 12.3. The van der Waals surface area contributed by atoms with Crippen molar-refractivity contribution < 1.29 is 37.1 Å². The minimum absolute atomic E-state index is 0.0624. The molecule has 47 heavy (non-hydrogen) atoms. The van der Waals surface area contributed by atoms with Crippen LogP contribution in [0.2, 0.25) is 0 Å². The summed E-state index contributed by atoms with van der Waals surface area (Å²) in [6.45, 7) is 16.2. The molecular weight excluding hydrogens is 635 g/mol. The van der Waals surface area contributed by atoms with Gasteiger partial charge in [0, 0.05) is 25.0 Å². The molecule has 0 spiro atoms. The zero-order chi connectivity index (χ0) is 35.4. The van der Waals surface area contributed by atoms with Crippen LogP contribution in [-0.4, -0.2) is 36.7 Å². The predicted molar refractivity (Wildman–Crippen MR) is 187 cm³/mol. The van der Waals surface area contributed by atoms with Crippen LogP contribution in [0.1, 0.15) is 66.5 Å². The topological polar surface area (TPSA) is 130 Å². The van der Waals surface area contributed by atoms with Crippen molar-refractivity contribution in [2.75, 3.05) is 6.66 Å². The Hall–Kier alpha value is -4.04. The number of phenolic OH excluding ortho intramolecular Hbond substituents is 1. The highest BCUT2D eigenvalue weighted by Crippen LogP contribution is 2.51. The van der Waals surface area contributed by atoms with Crippen LogP contribution in [-0.2, 0) is 30.5 Å². The van der Waals surface area contributed by atoms with Crippen molar-refractivity contribution in [3.8, 4) is 17.2 Å². The third kappa shape index (κ3) is 9.50. The van der Waals surface area contributed by atoms with Gasteiger partial charge in [-0.25, -0.2) is 8.42 Å². The van der Waals surface area contributed by atoms with E-state index in [4.69, 9.17) is 9.47 Å². The lowest BCUT2D eigenvalue weighted by atomic mass is 9.79. The molecule has 0 unspecified atom stereocenters. The number of carbonyl (C=O) groups excluding carboxylic acids is 2. The average molecular weight is 679 g/mol. The first-order valence-corrected chi connectivity index (χ1v) is 18.6. The molecule has 8 nitrogen and oxygen atoms in total. The van der Waals surface area contributed by atoms with Crippen LogP contribution in [0.25, 0.3) is 0 Å². The molecule has 0 saturated heterocycles. The second-order valence-electron chi connectivity index (χ2n) is 13.3. The molecule has 0 bridgehead atoms. The minimum atomic E-state index is -4.55. The Balaban J connectivity index is 0.000000277. The summed E-state index contributed by atoms with van der Waals surface area (Å²) in [6.07, 6.45) is 0. The standard InChI is InChI=1S/C23H22O4P.C14H22O4S/c1-17(24)26-19-9-13-22(14-10-19)28(3,21-7-5-4-6-8-21)23-15-11-20(12-16-23)27-18(2)25;1-13(2,3)10-7-9(19(16,17)18)8-11(12(10)15)14(4,5)6/h4-16H,1-3H3;7-8,15H,1-6H3,(H,16,17,18)/q+1;/p-1. The molecule has 1 N–H and O–H groups in total. The molecule has 250 valence electrons. The lowest BCUT2D eigenvalue weighted by Crippen LogP contribution is -2.30. The molecule has 0 amide bonds. The van der Waals surface area contributed by atoms with Gasteiger partial charge in [-0.2, -0.15) is 0 Å². The second kappa shape index (κ2) is 14.4. The molecule has 0 aliphatic carbocycles. The van der Waals surface area contributed by atoms with Crippen LogP contribution >= 0.6 is 7.26 Å². The summed E-state index contributed by atoms with van der Waals surface area (Å²) in [6, 6.07) is 28.2. The number of ether oxygens (including phenoxy) is 2. The quantitative estimate of drug-likeness (QED) is 0.108. The molecule has 4 aromatic carbocycles. The molecule has 0 aromatic heterocycles. The Labute approximate surface area is 278 Å². The van der Waals surface area contributed by atoms with Gasteiger partial charge < -0.3 is 19.1 Å². The fourth-order valence-corrected chi connectivity index (χ4v) is 8.70. The first-order valence-electron chi connectivity index (χ1n) is 15.0. The fourth-order valence-electron chi connectivity index (χ4n) is 5.03. The van der Waals surface area contributed by atoms with Gasteiger partial charge in [0.25, 0.3) is 0 Å². The molecule has 0 atom stereocenters. The van der Waals surface area contributed by atoms with Crippen molar-refractivity contribution in [3.63, 3.8) is 0 Å². The summed E-state index contributed by atoms with van der Waals surface area (Å²) < 4.78 is 44.1. The fraction of sp³-hybridized carbons (Fsp3) is 0.297. The van der Waals surface area contributed by atoms with E-state index in [0.717, 1.165) is 10.6 Å². The molecule has 0 heterocycles. The summed E-state index contributed by atoms with van der Waals surface area (Å²) in [5.74, 6) is 0.443. The van der Waals surface area contributed by atoms with E-state index in [1.54, 1.807) is 0 Å². The first kappa shape index (κ1) is 37.4. The van der Waals surface area contributed by atoms with Crippen molar-refractivity contribution in [2.24, 2.45) is 0 Å². The van der Waals surface area contributed by atoms with Crippen molar-refractivity contribution in [1.82, 2.24) is 0 Å². The van der Waals surface area contributed by atoms with Gasteiger partial charge in [-0.05, 0) is 83.6 Å². The maximum absolute atomic E-state index is 11.3. The summed E-state index contributed by atoms with van der Waals surface area (Å²) in [5.41, 5.74) is 0.0268. The molecule has 4 aromatic rings. The van der Waals surface area contributed by atoms with E-state index in [9.17, 15) is 27.7 Å². The Morgan fingerprint density at radius 2 is 1.00 bits per heavy atom. The van der Waals surface area contributed by atoms with Crippen LogP contribution in [0.4, 0.5) is 0 Å². The summed E-state index contributed by atoms with van der Waals surface area (Å²) in [7, 11) is -6.46. The number of hydrogen-bond acceptors (Lipinski definition) is 8. The van der Waals surface area contributed by atoms with Gasteiger partial charge in [0.2, 0.25) is 0 Å². The highest BCUT2D eigenvalue weighted by Gasteiger charge is 2.40. The van der Waals surface area contributed by atoms with Gasteiger partial charge >= 0.3 is 11.9 Å². The van der Waals surface area contributed by atoms with Crippen LogP contribution in [0.3, 0.4) is 0 Å². The average Bonchev–Trinajstić information content (AvgIpc) is 2.96. The molecule has 4 rings (SSSR count). The maximum Gasteiger partial charge on any atom is 0.308 e. The number of hydrogen-bond donors (Lipinski definition) is 1. The molecule has 0 fully saturated rings. The zero-order valence-corrected chi connectivity index (χ0v) is 30.0. The lowest BCUT2D eigenvalue weighted by molar-refractivity contribution is -0.132. The van der Waals surface area contributed by atoms with Crippen molar-refractivity contribution in [2.45, 2.75) is 71.1 Å². The Morgan fingerprint density at radius 3 is 1.30 bits per heavy atom. The van der Waals surface area contributed by atoms with Gasteiger partial charge in [0.05, 0.1) is 11.6 Å². The molecule has 10 heteroatoms. The van der Waals surface area contributed by atoms with E-state index in [2.05, 4.69) is 18.8 Å². The Kier molecular flexibility index (Phi) is 11.5. The van der Waals surface area contributed by atoms with Gasteiger partial charge in [-0.15, -0.1) is 0 Å². The van der Waals surface area contributed by atoms with Gasteiger partial charge in [-0.3, -0.25) is 9.59 Å². The van der Waals surface area contributed by atoms with E-state index >= 15 is 0 Å². The zero-order valence-electron chi connectivity index (χ0n) is 28.3. The van der Waals surface area contributed by atoms with Crippen molar-refractivity contribution in [3.05, 3.63) is 102 Å². The van der Waals surface area contributed by atoms with E-state index in [-0.39, 0.29) is 22.6 Å². The minimum Gasteiger partial charge on any atom is -0.744 e. The second-order valence-corrected chi connectivity index (χ2v) is 18.3. The molecular formula is C37H43O8PS. The normalized spacial score (nSPS) is 12.0. The number of rotatable bonds is 6. The number of aromatic hydroxyl groups is 1. The van der Waals surface area contributed by atoms with Gasteiger partial charge in [0.15, 0.2) is 0 Å². The largest absolute Gasteiger partial charge is 0.744 e. The Morgan fingerprint density at radius 1 is 0.660 bits per heavy atom. The van der Waals surface area contributed by atoms with Crippen LogP contribution in [0.5, 0.6) is 17.2 Å². The molecule has 0 radical (unpaired) electrons. The van der Waals surface area contributed by atoms with Crippen LogP contribution in [0.15, 0.2) is 95.9 Å². The van der Waals surface area contributed by atoms with E-state index in [0.29, 0.717) is 22.6 Å². The van der Waals surface area contributed by atoms with E-state index in [1.165, 1.54) is 31.3 Å². The summed E-state index contributed by atoms with van der Waals surface area (Å²) in [4.78, 5) is 22.1. The van der Waals surface area contributed by atoms with Crippen LogP contribution in [0, 0.1) is 0 Å². The number of phenols is 1.